The van der Waals surface area contributed by atoms with E-state index >= 15 is 0 Å². The highest BCUT2D eigenvalue weighted by Crippen LogP contribution is 2.28. The van der Waals surface area contributed by atoms with Crippen LogP contribution in [0.2, 0.25) is 5.02 Å². The first kappa shape index (κ1) is 15.8. The number of benzene rings is 1. The van der Waals surface area contributed by atoms with Crippen LogP contribution >= 0.6 is 23.4 Å². The number of halogens is 1. The lowest BCUT2D eigenvalue weighted by Crippen LogP contribution is -2.34. The van der Waals surface area contributed by atoms with Gasteiger partial charge in [-0.15, -0.1) is 0 Å². The van der Waals surface area contributed by atoms with Gasteiger partial charge in [0.2, 0.25) is 0 Å². The lowest BCUT2D eigenvalue weighted by Gasteiger charge is -2.13. The van der Waals surface area contributed by atoms with Gasteiger partial charge in [-0.05, 0) is 24.8 Å². The van der Waals surface area contributed by atoms with Gasteiger partial charge in [0.05, 0.1) is 4.92 Å². The third-order valence-electron chi connectivity index (χ3n) is 2.36. The number of thioether (sulfide) groups is 1. The Labute approximate surface area is 120 Å². The van der Waals surface area contributed by atoms with Crippen LogP contribution in [0.3, 0.4) is 0 Å². The number of nitro benzene ring substituents is 1. The number of rotatable bonds is 6. The zero-order chi connectivity index (χ0) is 14.4. The van der Waals surface area contributed by atoms with Crippen molar-refractivity contribution >= 4 is 35.0 Å². The van der Waals surface area contributed by atoms with Crippen LogP contribution in [0, 0.1) is 10.1 Å². The molecule has 0 spiro atoms. The lowest BCUT2D eigenvalue weighted by molar-refractivity contribution is -0.385. The molecule has 1 atom stereocenters. The summed E-state index contributed by atoms with van der Waals surface area (Å²) < 4.78 is 0. The van der Waals surface area contributed by atoms with Crippen molar-refractivity contribution in [3.8, 4) is 0 Å². The summed E-state index contributed by atoms with van der Waals surface area (Å²) in [6.45, 7) is 3.89. The highest BCUT2D eigenvalue weighted by Gasteiger charge is 2.24. The van der Waals surface area contributed by atoms with Crippen molar-refractivity contribution in [2.75, 3.05) is 11.5 Å². The zero-order valence-electron chi connectivity index (χ0n) is 10.7. The van der Waals surface area contributed by atoms with Gasteiger partial charge in [-0.1, -0.05) is 24.6 Å². The van der Waals surface area contributed by atoms with Gasteiger partial charge in [0.1, 0.15) is 10.6 Å². The van der Waals surface area contributed by atoms with Crippen LogP contribution < -0.4 is 5.32 Å². The van der Waals surface area contributed by atoms with E-state index in [1.165, 1.54) is 18.2 Å². The molecule has 0 fully saturated rings. The molecule has 0 saturated heterocycles. The van der Waals surface area contributed by atoms with Gasteiger partial charge >= 0.3 is 5.69 Å². The van der Waals surface area contributed by atoms with E-state index in [0.717, 1.165) is 11.5 Å². The monoisotopic (exact) mass is 302 g/mol. The minimum atomic E-state index is -0.636. The van der Waals surface area contributed by atoms with E-state index in [0.29, 0.717) is 0 Å². The molecule has 1 aromatic carbocycles. The maximum atomic E-state index is 12.0. The maximum Gasteiger partial charge on any atom is 0.300 e. The molecule has 7 heteroatoms. The molecule has 0 aliphatic rings. The number of nitro groups is 1. The minimum absolute atomic E-state index is 0.00847. The summed E-state index contributed by atoms with van der Waals surface area (Å²) in [5, 5.41) is 13.6. The smallest absolute Gasteiger partial charge is 0.300 e. The fourth-order valence-electron chi connectivity index (χ4n) is 1.52. The summed E-state index contributed by atoms with van der Waals surface area (Å²) >= 11 is 7.46. The number of nitrogens with one attached hydrogen (secondary N) is 1. The van der Waals surface area contributed by atoms with Gasteiger partial charge < -0.3 is 5.32 Å². The van der Waals surface area contributed by atoms with Gasteiger partial charge in [-0.25, -0.2) is 0 Å². The van der Waals surface area contributed by atoms with Crippen LogP contribution in [-0.4, -0.2) is 28.4 Å². The van der Waals surface area contributed by atoms with Gasteiger partial charge in [-0.2, -0.15) is 11.8 Å². The second-order valence-electron chi connectivity index (χ2n) is 3.93. The van der Waals surface area contributed by atoms with Crippen LogP contribution in [0.4, 0.5) is 5.69 Å². The first-order valence-electron chi connectivity index (χ1n) is 5.78. The van der Waals surface area contributed by atoms with Crippen molar-refractivity contribution in [1.29, 1.82) is 0 Å². The Morgan fingerprint density at radius 2 is 2.26 bits per heavy atom. The second kappa shape index (κ2) is 7.35. The SMILES string of the molecule is CCSCC(C)NC(=O)c1cccc(Cl)c1[N+](=O)[O-]. The summed E-state index contributed by atoms with van der Waals surface area (Å²) in [6, 6.07) is 4.26. The first-order chi connectivity index (χ1) is 8.97. The summed E-state index contributed by atoms with van der Waals surface area (Å²) in [7, 11) is 0. The van der Waals surface area contributed by atoms with E-state index in [4.69, 9.17) is 11.6 Å². The van der Waals surface area contributed by atoms with E-state index in [1.54, 1.807) is 11.8 Å². The Morgan fingerprint density at radius 3 is 2.84 bits per heavy atom. The molecule has 0 bridgehead atoms. The number of hydrogen-bond acceptors (Lipinski definition) is 4. The molecule has 0 aromatic heterocycles. The van der Waals surface area contributed by atoms with Crippen molar-refractivity contribution in [2.45, 2.75) is 19.9 Å². The predicted molar refractivity (Wildman–Crippen MR) is 78.0 cm³/mol. The molecule has 0 saturated carbocycles. The molecular weight excluding hydrogens is 288 g/mol. The molecule has 5 nitrogen and oxygen atoms in total. The van der Waals surface area contributed by atoms with E-state index in [2.05, 4.69) is 5.32 Å². The second-order valence-corrected chi connectivity index (χ2v) is 5.65. The molecule has 1 amide bonds. The fraction of sp³-hybridized carbons (Fsp3) is 0.417. The summed E-state index contributed by atoms with van der Waals surface area (Å²) in [5.74, 6) is 1.24. The van der Waals surface area contributed by atoms with Crippen molar-refractivity contribution in [1.82, 2.24) is 5.32 Å². The van der Waals surface area contributed by atoms with Crippen LogP contribution in [0.1, 0.15) is 24.2 Å². The molecule has 1 rings (SSSR count). The molecule has 0 heterocycles. The number of hydrogen-bond donors (Lipinski definition) is 1. The first-order valence-corrected chi connectivity index (χ1v) is 7.32. The predicted octanol–water partition coefficient (Wildman–Crippen LogP) is 3.12. The van der Waals surface area contributed by atoms with Crippen molar-refractivity contribution < 1.29 is 9.72 Å². The molecule has 1 N–H and O–H groups in total. The Bertz CT molecular complexity index is 482. The standard InChI is InChI=1S/C12H15ClN2O3S/c1-3-19-7-8(2)14-12(16)9-5-4-6-10(13)11(9)15(17)18/h4-6,8H,3,7H2,1-2H3,(H,14,16). The van der Waals surface area contributed by atoms with Crippen LogP contribution in [0.5, 0.6) is 0 Å². The highest BCUT2D eigenvalue weighted by molar-refractivity contribution is 7.99. The molecule has 0 aliphatic carbocycles. The quantitative estimate of drug-likeness (QED) is 0.647. The van der Waals surface area contributed by atoms with Gasteiger partial charge in [0, 0.05) is 11.8 Å². The summed E-state index contributed by atoms with van der Waals surface area (Å²) in [5.41, 5.74) is -0.358. The van der Waals surface area contributed by atoms with E-state index in [9.17, 15) is 14.9 Å². The number of carbonyl (C=O) groups excluding carboxylic acids is 1. The van der Waals surface area contributed by atoms with Crippen LogP contribution in [0.15, 0.2) is 18.2 Å². The highest BCUT2D eigenvalue weighted by atomic mass is 35.5. The van der Waals surface area contributed by atoms with Crippen molar-refractivity contribution in [3.05, 3.63) is 38.9 Å². The van der Waals surface area contributed by atoms with Gasteiger partial charge in [0.25, 0.3) is 5.91 Å². The van der Waals surface area contributed by atoms with Gasteiger partial charge in [0.15, 0.2) is 0 Å². The van der Waals surface area contributed by atoms with Crippen molar-refractivity contribution in [2.24, 2.45) is 0 Å². The number of nitrogens with zero attached hydrogens (tertiary/aromatic N) is 1. The average molecular weight is 303 g/mol. The van der Waals surface area contributed by atoms with E-state index < -0.39 is 10.8 Å². The molecule has 0 radical (unpaired) electrons. The summed E-state index contributed by atoms with van der Waals surface area (Å²) in [4.78, 5) is 22.3. The molecule has 1 unspecified atom stereocenters. The van der Waals surface area contributed by atoms with E-state index in [-0.39, 0.29) is 22.3 Å². The fourth-order valence-corrected chi connectivity index (χ4v) is 2.44. The maximum absolute atomic E-state index is 12.0. The topological polar surface area (TPSA) is 72.2 Å². The van der Waals surface area contributed by atoms with Crippen molar-refractivity contribution in [3.63, 3.8) is 0 Å². The number of amides is 1. The van der Waals surface area contributed by atoms with Crippen LogP contribution in [-0.2, 0) is 0 Å². The number of para-hydroxylation sites is 1. The summed E-state index contributed by atoms with van der Waals surface area (Å²) in [6.07, 6.45) is 0. The Morgan fingerprint density at radius 1 is 1.58 bits per heavy atom. The molecule has 104 valence electrons. The molecule has 19 heavy (non-hydrogen) atoms. The molecular formula is C12H15ClN2O3S. The molecule has 1 aromatic rings. The third kappa shape index (κ3) is 4.40. The lowest BCUT2D eigenvalue weighted by atomic mass is 10.1. The minimum Gasteiger partial charge on any atom is -0.349 e. The van der Waals surface area contributed by atoms with Gasteiger partial charge in [-0.3, -0.25) is 14.9 Å². The van der Waals surface area contributed by atoms with E-state index in [1.807, 2.05) is 13.8 Å². The molecule has 0 aliphatic heterocycles. The zero-order valence-corrected chi connectivity index (χ0v) is 12.3. The van der Waals surface area contributed by atoms with Crippen LogP contribution in [0.25, 0.3) is 0 Å². The largest absolute Gasteiger partial charge is 0.349 e. The normalized spacial score (nSPS) is 11.9. The number of carbonyl (C=O) groups is 1. The third-order valence-corrected chi connectivity index (χ3v) is 3.81. The Hall–Kier alpha value is -1.27. The average Bonchev–Trinajstić information content (AvgIpc) is 2.35. The Balaban J connectivity index is 2.88. The Kier molecular flexibility index (Phi) is 6.11.